The summed E-state index contributed by atoms with van der Waals surface area (Å²) in [4.78, 5) is 2.31. The van der Waals surface area contributed by atoms with Crippen molar-refractivity contribution in [3.63, 3.8) is 0 Å². The predicted octanol–water partition coefficient (Wildman–Crippen LogP) is 12.1. The molecule has 1 heteroatoms. The van der Waals surface area contributed by atoms with E-state index in [2.05, 4.69) is 110 Å². The molecule has 0 N–H and O–H groups in total. The number of unbranched alkanes of at least 4 members (excludes halogenated alkanes) is 12. The number of anilines is 2. The summed E-state index contributed by atoms with van der Waals surface area (Å²) >= 11 is 0. The van der Waals surface area contributed by atoms with Crippen molar-refractivity contribution in [2.24, 2.45) is 0 Å². The van der Waals surface area contributed by atoms with Gasteiger partial charge in [0.15, 0.2) is 0 Å². The molecule has 0 aromatic heterocycles. The number of nitrogens with zero attached hydrogens (tertiary/aromatic N) is 1. The predicted molar refractivity (Wildman–Crippen MR) is 174 cm³/mol. The highest BCUT2D eigenvalue weighted by atomic mass is 15.1. The molecule has 0 atom stereocenters. The van der Waals surface area contributed by atoms with Crippen LogP contribution in [0.15, 0.2) is 85.1 Å². The molecule has 3 rings (SSSR count). The first kappa shape index (κ1) is 30.7. The number of hydrogen-bond acceptors (Lipinski definition) is 1. The molecule has 3 aromatic carbocycles. The third-order valence-corrected chi connectivity index (χ3v) is 7.86. The van der Waals surface area contributed by atoms with Crippen LogP contribution in [-0.2, 0) is 12.8 Å². The minimum absolute atomic E-state index is 1.19. The van der Waals surface area contributed by atoms with Gasteiger partial charge in [-0.2, -0.15) is 0 Å². The van der Waals surface area contributed by atoms with Crippen LogP contribution in [0.4, 0.5) is 11.4 Å². The van der Waals surface area contributed by atoms with Gasteiger partial charge in [0, 0.05) is 17.6 Å². The Labute approximate surface area is 240 Å². The van der Waals surface area contributed by atoms with Crippen molar-refractivity contribution < 1.29 is 0 Å². The average molecular weight is 524 g/mol. The minimum atomic E-state index is 1.19. The van der Waals surface area contributed by atoms with Crippen molar-refractivity contribution >= 4 is 17.5 Å². The summed E-state index contributed by atoms with van der Waals surface area (Å²) in [5.74, 6) is 0. The van der Waals surface area contributed by atoms with Gasteiger partial charge in [0.05, 0.1) is 0 Å². The van der Waals surface area contributed by atoms with Gasteiger partial charge < -0.3 is 4.90 Å². The Morgan fingerprint density at radius 1 is 0.487 bits per heavy atom. The molecule has 0 amide bonds. The number of benzene rings is 3. The first-order chi connectivity index (χ1) is 19.3. The second-order valence-electron chi connectivity index (χ2n) is 11.1. The van der Waals surface area contributed by atoms with Gasteiger partial charge in [-0.1, -0.05) is 145 Å². The smallest absolute Gasteiger partial charge is 0.0455 e. The molecule has 0 saturated carbocycles. The molecule has 1 nitrogen and oxygen atoms in total. The molecule has 0 bridgehead atoms. The average Bonchev–Trinajstić information content (AvgIpc) is 2.98. The van der Waals surface area contributed by atoms with Crippen LogP contribution in [-0.4, -0.2) is 0 Å². The molecule has 0 aliphatic rings. The summed E-state index contributed by atoms with van der Waals surface area (Å²) in [6.45, 7) is 4.60. The zero-order chi connectivity index (χ0) is 27.4. The molecule has 0 aliphatic heterocycles. The van der Waals surface area contributed by atoms with Crippen molar-refractivity contribution in [3.05, 3.63) is 102 Å². The molecule has 0 fully saturated rings. The lowest BCUT2D eigenvalue weighted by molar-refractivity contribution is 0.583. The molecule has 39 heavy (non-hydrogen) atoms. The minimum Gasteiger partial charge on any atom is -0.317 e. The Morgan fingerprint density at radius 3 is 1.51 bits per heavy atom. The van der Waals surface area contributed by atoms with E-state index >= 15 is 0 Å². The molecule has 210 valence electrons. The Morgan fingerprint density at radius 2 is 0.974 bits per heavy atom. The number of rotatable bonds is 20. The van der Waals surface area contributed by atoms with E-state index in [0.717, 1.165) is 0 Å². The van der Waals surface area contributed by atoms with E-state index in [0.29, 0.717) is 0 Å². The van der Waals surface area contributed by atoms with Gasteiger partial charge in [0.1, 0.15) is 0 Å². The lowest BCUT2D eigenvalue weighted by atomic mass is 9.92. The first-order valence-corrected chi connectivity index (χ1v) is 16.0. The van der Waals surface area contributed by atoms with E-state index in [4.69, 9.17) is 0 Å². The van der Waals surface area contributed by atoms with Crippen LogP contribution in [0.25, 0.3) is 6.08 Å². The monoisotopic (exact) mass is 523 g/mol. The van der Waals surface area contributed by atoms with Crippen LogP contribution in [0.3, 0.4) is 0 Å². The molecule has 0 saturated heterocycles. The fourth-order valence-electron chi connectivity index (χ4n) is 5.53. The van der Waals surface area contributed by atoms with Crippen molar-refractivity contribution in [1.82, 2.24) is 0 Å². The Bertz CT molecular complexity index is 997. The van der Waals surface area contributed by atoms with Crippen molar-refractivity contribution in [2.75, 3.05) is 4.90 Å². The van der Waals surface area contributed by atoms with Crippen LogP contribution in [0, 0.1) is 0 Å². The van der Waals surface area contributed by atoms with Gasteiger partial charge in [0.2, 0.25) is 0 Å². The van der Waals surface area contributed by atoms with Gasteiger partial charge >= 0.3 is 0 Å². The fraction of sp³-hybridized carbons (Fsp3) is 0.474. The van der Waals surface area contributed by atoms with E-state index in [1.165, 1.54) is 120 Å². The topological polar surface area (TPSA) is 3.24 Å². The largest absolute Gasteiger partial charge is 0.317 e. The van der Waals surface area contributed by atoms with Crippen LogP contribution in [0.1, 0.15) is 120 Å². The fourth-order valence-corrected chi connectivity index (χ4v) is 5.53. The van der Waals surface area contributed by atoms with Crippen LogP contribution < -0.4 is 4.90 Å². The Balaban J connectivity index is 1.74. The Kier molecular flexibility index (Phi) is 15.2. The summed E-state index contributed by atoms with van der Waals surface area (Å²) in [6, 6.07) is 28.4. The molecule has 0 radical (unpaired) electrons. The first-order valence-electron chi connectivity index (χ1n) is 16.0. The van der Waals surface area contributed by atoms with Gasteiger partial charge in [-0.15, -0.1) is 0 Å². The summed E-state index contributed by atoms with van der Waals surface area (Å²) in [5.41, 5.74) is 6.91. The van der Waals surface area contributed by atoms with Gasteiger partial charge in [0.25, 0.3) is 0 Å². The van der Waals surface area contributed by atoms with Gasteiger partial charge in [-0.3, -0.25) is 0 Å². The summed E-state index contributed by atoms with van der Waals surface area (Å²) in [7, 11) is 0. The van der Waals surface area contributed by atoms with Crippen LogP contribution in [0.2, 0.25) is 0 Å². The van der Waals surface area contributed by atoms with E-state index in [1.807, 2.05) is 0 Å². The van der Waals surface area contributed by atoms with E-state index in [1.54, 1.807) is 11.1 Å². The molecular weight excluding hydrogens is 470 g/mol. The number of hydrogen-bond donors (Lipinski definition) is 0. The maximum atomic E-state index is 2.40. The SMILES string of the molecule is CCCCCCCCCc1cccc(/C=C/N(c2ccccc2)c2ccccc2)c1CCCCCCCCC. The normalized spacial score (nSPS) is 11.3. The highest BCUT2D eigenvalue weighted by Crippen LogP contribution is 2.28. The second kappa shape index (κ2) is 19.3. The van der Waals surface area contributed by atoms with Crippen molar-refractivity contribution in [2.45, 2.75) is 117 Å². The number of para-hydroxylation sites is 2. The quantitative estimate of drug-likeness (QED) is 0.133. The van der Waals surface area contributed by atoms with E-state index < -0.39 is 0 Å². The molecule has 0 unspecified atom stereocenters. The zero-order valence-electron chi connectivity index (χ0n) is 24.9. The highest BCUT2D eigenvalue weighted by Gasteiger charge is 2.09. The van der Waals surface area contributed by atoms with Crippen LogP contribution >= 0.6 is 0 Å². The summed E-state index contributed by atoms with van der Waals surface area (Å²) in [6.07, 6.45) is 26.1. The van der Waals surface area contributed by atoms with Gasteiger partial charge in [-0.25, -0.2) is 0 Å². The molecule has 0 spiro atoms. The standard InChI is InChI=1S/C38H53N/c1-3-5-7-9-11-13-17-24-34-25-23-26-35(38(34)31-22-14-12-10-8-6-4-2)32-33-39(36-27-18-15-19-28-36)37-29-20-16-21-30-37/h15-16,18-21,23,25-30,32-33H,3-14,17,22,24,31H2,1-2H3/b33-32+. The second-order valence-corrected chi connectivity index (χ2v) is 11.1. The number of aryl methyl sites for hydroxylation is 1. The lowest BCUT2D eigenvalue weighted by Gasteiger charge is -2.21. The third kappa shape index (κ3) is 11.5. The Hall–Kier alpha value is -2.80. The molecular formula is C38H53N. The third-order valence-electron chi connectivity index (χ3n) is 7.86. The van der Waals surface area contributed by atoms with E-state index in [9.17, 15) is 0 Å². The molecule has 0 aliphatic carbocycles. The van der Waals surface area contributed by atoms with Crippen molar-refractivity contribution in [3.8, 4) is 0 Å². The summed E-state index contributed by atoms with van der Waals surface area (Å²) < 4.78 is 0. The maximum absolute atomic E-state index is 2.40. The van der Waals surface area contributed by atoms with Crippen LogP contribution in [0.5, 0.6) is 0 Å². The lowest BCUT2D eigenvalue weighted by Crippen LogP contribution is -2.08. The molecule has 0 heterocycles. The maximum Gasteiger partial charge on any atom is 0.0455 e. The highest BCUT2D eigenvalue weighted by molar-refractivity contribution is 5.70. The van der Waals surface area contributed by atoms with Crippen molar-refractivity contribution in [1.29, 1.82) is 0 Å². The van der Waals surface area contributed by atoms with Gasteiger partial charge in [-0.05, 0) is 72.7 Å². The molecule has 3 aromatic rings. The zero-order valence-corrected chi connectivity index (χ0v) is 24.9. The van der Waals surface area contributed by atoms with E-state index in [-0.39, 0.29) is 0 Å². The summed E-state index contributed by atoms with van der Waals surface area (Å²) in [5, 5.41) is 0.